The molecule has 0 aliphatic heterocycles. The van der Waals surface area contributed by atoms with Gasteiger partial charge in [0.2, 0.25) is 10.0 Å². The third kappa shape index (κ3) is 7.51. The topological polar surface area (TPSA) is 120 Å². The van der Waals surface area contributed by atoms with Gasteiger partial charge in [0.1, 0.15) is 4.90 Å². The van der Waals surface area contributed by atoms with Gasteiger partial charge in [0, 0.05) is 43.6 Å². The van der Waals surface area contributed by atoms with Crippen LogP contribution in [0.3, 0.4) is 0 Å². The van der Waals surface area contributed by atoms with Gasteiger partial charge in [-0.25, -0.2) is 8.42 Å². The predicted octanol–water partition coefficient (Wildman–Crippen LogP) is 3.53. The van der Waals surface area contributed by atoms with Gasteiger partial charge < -0.3 is 15.5 Å². The van der Waals surface area contributed by atoms with Gasteiger partial charge in [0.05, 0.1) is 12.5 Å². The number of β-amino-alcohol motifs (C(OH)–C–C–N with tert-alkyl or cyclic N) is 1. The number of hydrogen-bond acceptors (Lipinski definition) is 6. The van der Waals surface area contributed by atoms with Crippen LogP contribution in [0.4, 0.5) is 0 Å². The summed E-state index contributed by atoms with van der Waals surface area (Å²) in [6.07, 6.45) is 4.97. The first kappa shape index (κ1) is 28.9. The van der Waals surface area contributed by atoms with Crippen molar-refractivity contribution in [1.82, 2.24) is 14.6 Å². The fraction of sp³-hybridized carbons (Fsp3) is 0.400. The van der Waals surface area contributed by atoms with Crippen molar-refractivity contribution in [2.45, 2.75) is 56.1 Å². The summed E-state index contributed by atoms with van der Waals surface area (Å²) < 4.78 is 27.7. The fourth-order valence-electron chi connectivity index (χ4n) is 5.33. The van der Waals surface area contributed by atoms with Gasteiger partial charge in [-0.1, -0.05) is 48.5 Å². The quantitative estimate of drug-likeness (QED) is 0.315. The van der Waals surface area contributed by atoms with Gasteiger partial charge in [-0.2, -0.15) is 4.31 Å². The fourth-order valence-corrected chi connectivity index (χ4v) is 6.53. The van der Waals surface area contributed by atoms with Crippen LogP contribution in [0, 0.1) is 5.92 Å². The number of nitrogens with one attached hydrogen (secondary N) is 1. The van der Waals surface area contributed by atoms with E-state index in [-0.39, 0.29) is 29.9 Å². The Morgan fingerprint density at radius 2 is 1.72 bits per heavy atom. The molecule has 0 saturated carbocycles. The van der Waals surface area contributed by atoms with Crippen molar-refractivity contribution >= 4 is 16.0 Å². The van der Waals surface area contributed by atoms with Crippen molar-refractivity contribution < 1.29 is 23.4 Å². The Balaban J connectivity index is 1.33. The van der Waals surface area contributed by atoms with Crippen molar-refractivity contribution in [2.24, 2.45) is 5.92 Å². The molecular formula is C30H37N3O5S. The van der Waals surface area contributed by atoms with Crippen LogP contribution in [-0.2, 0) is 34.1 Å². The van der Waals surface area contributed by atoms with Crippen molar-refractivity contribution in [3.8, 4) is 11.1 Å². The minimum Gasteiger partial charge on any atom is -0.481 e. The number of pyridine rings is 1. The summed E-state index contributed by atoms with van der Waals surface area (Å²) in [7, 11) is -2.44. The standard InChI is InChI=1S/C30H37N3O5S/c1-30(2,16-22-12-24-6-4-5-7-25(24)13-22)32-18-27(34)20-33(3)39(37,38)28-15-26(17-31-19-28)23-10-8-21(9-11-23)14-29(35)36/h4-11,15,17,19,22,27,32,34H,12-14,16,18,20H2,1-3H3,(H,35,36). The van der Waals surface area contributed by atoms with E-state index >= 15 is 0 Å². The number of likely N-dealkylation sites (N-methyl/N-ethyl adjacent to an activating group) is 1. The zero-order chi connectivity index (χ0) is 28.2. The van der Waals surface area contributed by atoms with E-state index in [4.69, 9.17) is 5.11 Å². The highest BCUT2D eigenvalue weighted by Gasteiger charge is 2.29. The number of aliphatic hydroxyl groups excluding tert-OH is 1. The molecule has 8 nitrogen and oxygen atoms in total. The van der Waals surface area contributed by atoms with Gasteiger partial charge in [-0.05, 0) is 67.3 Å². The highest BCUT2D eigenvalue weighted by atomic mass is 32.2. The third-order valence-corrected chi connectivity index (χ3v) is 9.07. The number of carbonyl (C=O) groups is 1. The number of rotatable bonds is 12. The van der Waals surface area contributed by atoms with Gasteiger partial charge in [0.15, 0.2) is 0 Å². The summed E-state index contributed by atoms with van der Waals surface area (Å²) in [5.41, 5.74) is 4.61. The molecule has 1 unspecified atom stereocenters. The average molecular weight is 552 g/mol. The lowest BCUT2D eigenvalue weighted by molar-refractivity contribution is -0.136. The van der Waals surface area contributed by atoms with Crippen LogP contribution in [0.15, 0.2) is 71.9 Å². The molecule has 208 valence electrons. The number of nitrogens with zero attached hydrogens (tertiary/aromatic N) is 2. The molecule has 3 aromatic rings. The first-order valence-corrected chi connectivity index (χ1v) is 14.6. The zero-order valence-electron chi connectivity index (χ0n) is 22.7. The summed E-state index contributed by atoms with van der Waals surface area (Å²) in [6.45, 7) is 4.45. The normalized spacial score (nSPS) is 14.9. The monoisotopic (exact) mass is 551 g/mol. The van der Waals surface area contributed by atoms with Crippen LogP contribution >= 0.6 is 0 Å². The number of fused-ring (bicyclic) bond motifs is 1. The average Bonchev–Trinajstić information content (AvgIpc) is 3.29. The van der Waals surface area contributed by atoms with Crippen LogP contribution in [0.5, 0.6) is 0 Å². The van der Waals surface area contributed by atoms with Crippen molar-refractivity contribution in [3.63, 3.8) is 0 Å². The van der Waals surface area contributed by atoms with E-state index in [9.17, 15) is 18.3 Å². The molecule has 2 aromatic carbocycles. The summed E-state index contributed by atoms with van der Waals surface area (Å²) in [5, 5.41) is 23.1. The van der Waals surface area contributed by atoms with E-state index in [1.165, 1.54) is 24.4 Å². The largest absolute Gasteiger partial charge is 0.481 e. The summed E-state index contributed by atoms with van der Waals surface area (Å²) in [6, 6.07) is 17.0. The number of aliphatic hydroxyl groups is 1. The second-order valence-corrected chi connectivity index (χ2v) is 13.2. The molecule has 39 heavy (non-hydrogen) atoms. The molecule has 0 bridgehead atoms. The van der Waals surface area contributed by atoms with Crippen LogP contribution in [0.25, 0.3) is 11.1 Å². The van der Waals surface area contributed by atoms with E-state index in [2.05, 4.69) is 48.4 Å². The first-order chi connectivity index (χ1) is 18.4. The molecule has 1 aromatic heterocycles. The van der Waals surface area contributed by atoms with Crippen molar-refractivity contribution in [2.75, 3.05) is 20.1 Å². The first-order valence-electron chi connectivity index (χ1n) is 13.2. The van der Waals surface area contributed by atoms with Crippen molar-refractivity contribution in [3.05, 3.63) is 83.7 Å². The number of hydrogen-bond donors (Lipinski definition) is 3. The third-order valence-electron chi connectivity index (χ3n) is 7.28. The summed E-state index contributed by atoms with van der Waals surface area (Å²) >= 11 is 0. The lowest BCUT2D eigenvalue weighted by Gasteiger charge is -2.31. The van der Waals surface area contributed by atoms with Gasteiger partial charge in [0.25, 0.3) is 0 Å². The predicted molar refractivity (Wildman–Crippen MR) is 151 cm³/mol. The lowest BCUT2D eigenvalue weighted by Crippen LogP contribution is -2.47. The van der Waals surface area contributed by atoms with Gasteiger partial charge in [-0.15, -0.1) is 0 Å². The van der Waals surface area contributed by atoms with E-state index in [1.807, 2.05) is 0 Å². The molecule has 0 amide bonds. The molecular weight excluding hydrogens is 514 g/mol. The smallest absolute Gasteiger partial charge is 0.307 e. The Kier molecular flexibility index (Phi) is 8.86. The number of sulfonamides is 1. The van der Waals surface area contributed by atoms with E-state index in [1.54, 1.807) is 36.5 Å². The second-order valence-electron chi connectivity index (χ2n) is 11.1. The molecule has 3 N–H and O–H groups in total. The van der Waals surface area contributed by atoms with E-state index in [0.717, 1.165) is 29.1 Å². The van der Waals surface area contributed by atoms with E-state index < -0.39 is 22.1 Å². The van der Waals surface area contributed by atoms with Crippen molar-refractivity contribution in [1.29, 1.82) is 0 Å². The minimum atomic E-state index is -3.89. The van der Waals surface area contributed by atoms with E-state index in [0.29, 0.717) is 17.0 Å². The number of carboxylic acids is 1. The van der Waals surface area contributed by atoms with Crippen LogP contribution in [0.1, 0.15) is 37.0 Å². The molecule has 1 aliphatic rings. The molecule has 9 heteroatoms. The van der Waals surface area contributed by atoms with Gasteiger partial charge in [-0.3, -0.25) is 9.78 Å². The number of carboxylic acid groups (broad SMARTS) is 1. The number of aliphatic carboxylic acids is 1. The van der Waals surface area contributed by atoms with Crippen LogP contribution < -0.4 is 5.32 Å². The van der Waals surface area contributed by atoms with Crippen LogP contribution in [0.2, 0.25) is 0 Å². The molecule has 0 saturated heterocycles. The molecule has 0 spiro atoms. The highest BCUT2D eigenvalue weighted by molar-refractivity contribution is 7.89. The maximum atomic E-state index is 13.3. The zero-order valence-corrected chi connectivity index (χ0v) is 23.5. The Morgan fingerprint density at radius 1 is 1.08 bits per heavy atom. The number of aromatic nitrogens is 1. The molecule has 1 aliphatic carbocycles. The Hall–Kier alpha value is -3.11. The summed E-state index contributed by atoms with van der Waals surface area (Å²) in [5.74, 6) is -0.375. The summed E-state index contributed by atoms with van der Waals surface area (Å²) in [4.78, 5) is 15.1. The van der Waals surface area contributed by atoms with Gasteiger partial charge >= 0.3 is 5.97 Å². The minimum absolute atomic E-state index is 0.0263. The maximum Gasteiger partial charge on any atom is 0.307 e. The molecule has 0 fully saturated rings. The maximum absolute atomic E-state index is 13.3. The van der Waals surface area contributed by atoms with Crippen LogP contribution in [-0.4, -0.2) is 65.7 Å². The molecule has 1 heterocycles. The molecule has 0 radical (unpaired) electrons. The Morgan fingerprint density at radius 3 is 2.33 bits per heavy atom. The Bertz CT molecular complexity index is 1380. The Labute approximate surface area is 230 Å². The molecule has 4 rings (SSSR count). The molecule has 1 atom stereocenters. The SMILES string of the molecule is CN(CC(O)CNC(C)(C)CC1Cc2ccccc2C1)S(=O)(=O)c1cncc(-c2ccc(CC(=O)O)cc2)c1. The second kappa shape index (κ2) is 12.0. The lowest BCUT2D eigenvalue weighted by atomic mass is 9.88. The highest BCUT2D eigenvalue weighted by Crippen LogP contribution is 2.32. The number of benzene rings is 2.